The number of carbonyl (C=O) groups is 2. The molecule has 1 heterocycles. The third kappa shape index (κ3) is 4.65. The van der Waals surface area contributed by atoms with Crippen LogP contribution in [0.3, 0.4) is 0 Å². The molecule has 0 radical (unpaired) electrons. The number of ether oxygens (including phenoxy) is 1. The number of benzene rings is 2. The van der Waals surface area contributed by atoms with Gasteiger partial charge in [-0.25, -0.2) is 0 Å². The van der Waals surface area contributed by atoms with Crippen LogP contribution in [0.1, 0.15) is 16.7 Å². The first kappa shape index (κ1) is 19.8. The fourth-order valence-electron chi connectivity index (χ4n) is 2.94. The molecule has 0 saturated carbocycles. The zero-order valence-electron chi connectivity index (χ0n) is 15.8. The Labute approximate surface area is 168 Å². The number of hydrogen-bond donors (Lipinski definition) is 1. The monoisotopic (exact) mass is 395 g/mol. The smallest absolute Gasteiger partial charge is 0.261 e. The highest BCUT2D eigenvalue weighted by Crippen LogP contribution is 2.24. The van der Waals surface area contributed by atoms with Crippen molar-refractivity contribution >= 4 is 29.3 Å². The molecule has 1 saturated heterocycles. The molecule has 1 aliphatic heterocycles. The van der Waals surface area contributed by atoms with Crippen molar-refractivity contribution in [3.05, 3.63) is 59.2 Å². The molecule has 28 heavy (non-hydrogen) atoms. The number of nitrogens with zero attached hydrogens (tertiary/aromatic N) is 2. The zero-order chi connectivity index (χ0) is 20.1. The van der Waals surface area contributed by atoms with Gasteiger partial charge in [0, 0.05) is 11.4 Å². The van der Waals surface area contributed by atoms with E-state index in [4.69, 9.17) is 10.00 Å². The molecule has 2 amide bonds. The topological polar surface area (TPSA) is 82.4 Å². The SMILES string of the molecule is Cc1ccc(OCC(=O)N2CSCC2C(=O)Nc2ccc(C#N)cc2)c(C)c1. The molecule has 6 nitrogen and oxygen atoms in total. The van der Waals surface area contributed by atoms with Gasteiger partial charge >= 0.3 is 0 Å². The summed E-state index contributed by atoms with van der Waals surface area (Å²) in [6, 6.07) is 13.9. The van der Waals surface area contributed by atoms with Crippen molar-refractivity contribution in [1.82, 2.24) is 4.90 Å². The molecule has 144 valence electrons. The molecular weight excluding hydrogens is 374 g/mol. The lowest BCUT2D eigenvalue weighted by Gasteiger charge is -2.23. The molecule has 3 rings (SSSR count). The maximum atomic E-state index is 12.6. The number of amides is 2. The molecule has 1 atom stereocenters. The van der Waals surface area contributed by atoms with Crippen LogP contribution in [-0.4, -0.2) is 41.0 Å². The van der Waals surface area contributed by atoms with Crippen molar-refractivity contribution in [2.45, 2.75) is 19.9 Å². The van der Waals surface area contributed by atoms with Crippen LogP contribution in [0, 0.1) is 25.2 Å². The van der Waals surface area contributed by atoms with Crippen LogP contribution in [-0.2, 0) is 9.59 Å². The molecular formula is C21H21N3O3S. The fraction of sp³-hybridized carbons (Fsp3) is 0.286. The fourth-order valence-corrected chi connectivity index (χ4v) is 4.12. The largest absolute Gasteiger partial charge is 0.483 e. The number of carbonyl (C=O) groups excluding carboxylic acids is 2. The Balaban J connectivity index is 1.60. The molecule has 2 aromatic carbocycles. The van der Waals surface area contributed by atoms with Crippen molar-refractivity contribution < 1.29 is 14.3 Å². The van der Waals surface area contributed by atoms with E-state index in [2.05, 4.69) is 5.32 Å². The van der Waals surface area contributed by atoms with Gasteiger partial charge in [-0.2, -0.15) is 5.26 Å². The maximum absolute atomic E-state index is 12.6. The molecule has 1 fully saturated rings. The quantitative estimate of drug-likeness (QED) is 0.841. The Kier molecular flexibility index (Phi) is 6.22. The van der Waals surface area contributed by atoms with E-state index in [9.17, 15) is 9.59 Å². The molecule has 0 bridgehead atoms. The van der Waals surface area contributed by atoms with Crippen LogP contribution in [0.5, 0.6) is 5.75 Å². The summed E-state index contributed by atoms with van der Waals surface area (Å²) >= 11 is 1.54. The molecule has 1 unspecified atom stereocenters. The second kappa shape index (κ2) is 8.81. The van der Waals surface area contributed by atoms with Gasteiger partial charge in [0.15, 0.2) is 6.61 Å². The van der Waals surface area contributed by atoms with Crippen molar-refractivity contribution in [3.63, 3.8) is 0 Å². The summed E-state index contributed by atoms with van der Waals surface area (Å²) in [5.74, 6) is 1.21. The first-order valence-electron chi connectivity index (χ1n) is 8.86. The second-order valence-corrected chi connectivity index (χ2v) is 7.62. The van der Waals surface area contributed by atoms with Crippen LogP contribution in [0.2, 0.25) is 0 Å². The Bertz CT molecular complexity index is 921. The maximum Gasteiger partial charge on any atom is 0.261 e. The number of thioether (sulfide) groups is 1. The van der Waals surface area contributed by atoms with E-state index in [-0.39, 0.29) is 18.4 Å². The Morgan fingerprint density at radius 2 is 2.00 bits per heavy atom. The molecule has 0 spiro atoms. The van der Waals surface area contributed by atoms with Gasteiger partial charge < -0.3 is 15.0 Å². The summed E-state index contributed by atoms with van der Waals surface area (Å²) in [6.07, 6.45) is 0. The van der Waals surface area contributed by atoms with Crippen LogP contribution in [0.15, 0.2) is 42.5 Å². The first-order valence-corrected chi connectivity index (χ1v) is 10.0. The molecule has 7 heteroatoms. The highest BCUT2D eigenvalue weighted by molar-refractivity contribution is 7.99. The first-order chi connectivity index (χ1) is 13.5. The summed E-state index contributed by atoms with van der Waals surface area (Å²) in [4.78, 5) is 26.8. The van der Waals surface area contributed by atoms with Crippen LogP contribution in [0.4, 0.5) is 5.69 Å². The van der Waals surface area contributed by atoms with Gasteiger partial charge in [0.1, 0.15) is 11.8 Å². The number of nitrogens with one attached hydrogen (secondary N) is 1. The molecule has 1 N–H and O–H groups in total. The van der Waals surface area contributed by atoms with E-state index in [0.29, 0.717) is 28.6 Å². The Hall–Kier alpha value is -2.98. The van der Waals surface area contributed by atoms with Crippen LogP contribution in [0.25, 0.3) is 0 Å². The normalized spacial score (nSPS) is 15.8. The highest BCUT2D eigenvalue weighted by Gasteiger charge is 2.34. The lowest BCUT2D eigenvalue weighted by atomic mass is 10.1. The van der Waals surface area contributed by atoms with E-state index in [0.717, 1.165) is 11.1 Å². The van der Waals surface area contributed by atoms with Crippen LogP contribution < -0.4 is 10.1 Å². The lowest BCUT2D eigenvalue weighted by Crippen LogP contribution is -2.46. The molecule has 2 aromatic rings. The number of aryl methyl sites for hydroxylation is 2. The lowest BCUT2D eigenvalue weighted by molar-refractivity contribution is -0.137. The molecule has 0 aliphatic carbocycles. The number of rotatable bonds is 5. The van der Waals surface area contributed by atoms with E-state index in [1.165, 1.54) is 11.8 Å². The number of anilines is 1. The molecule has 1 aliphatic rings. The van der Waals surface area contributed by atoms with E-state index >= 15 is 0 Å². The van der Waals surface area contributed by atoms with Crippen molar-refractivity contribution in [2.24, 2.45) is 0 Å². The van der Waals surface area contributed by atoms with Gasteiger partial charge in [0.25, 0.3) is 5.91 Å². The van der Waals surface area contributed by atoms with Gasteiger partial charge in [-0.1, -0.05) is 17.7 Å². The van der Waals surface area contributed by atoms with Crippen LogP contribution >= 0.6 is 11.8 Å². The average molecular weight is 395 g/mol. The third-order valence-corrected chi connectivity index (χ3v) is 5.48. The third-order valence-electron chi connectivity index (χ3n) is 4.47. The minimum Gasteiger partial charge on any atom is -0.483 e. The summed E-state index contributed by atoms with van der Waals surface area (Å²) < 4.78 is 5.68. The standard InChI is InChI=1S/C21H21N3O3S/c1-14-3-8-19(15(2)9-14)27-11-20(25)24-13-28-12-18(24)21(26)23-17-6-4-16(10-22)5-7-17/h3-9,18H,11-13H2,1-2H3,(H,23,26). The van der Waals surface area contributed by atoms with Gasteiger partial charge in [0.05, 0.1) is 17.5 Å². The number of nitriles is 1. The van der Waals surface area contributed by atoms with Crippen molar-refractivity contribution in [3.8, 4) is 11.8 Å². The Morgan fingerprint density at radius 3 is 2.68 bits per heavy atom. The predicted molar refractivity (Wildman–Crippen MR) is 109 cm³/mol. The van der Waals surface area contributed by atoms with Crippen molar-refractivity contribution in [2.75, 3.05) is 23.6 Å². The minimum absolute atomic E-state index is 0.106. The van der Waals surface area contributed by atoms with E-state index in [1.807, 2.05) is 38.1 Å². The van der Waals surface area contributed by atoms with Gasteiger partial charge in [0.2, 0.25) is 5.91 Å². The molecule has 0 aromatic heterocycles. The van der Waals surface area contributed by atoms with Gasteiger partial charge in [-0.3, -0.25) is 9.59 Å². The summed E-state index contributed by atoms with van der Waals surface area (Å²) in [6.45, 7) is 3.83. The Morgan fingerprint density at radius 1 is 1.25 bits per heavy atom. The summed E-state index contributed by atoms with van der Waals surface area (Å²) in [5, 5.41) is 11.7. The van der Waals surface area contributed by atoms with E-state index in [1.54, 1.807) is 29.2 Å². The average Bonchev–Trinajstić information content (AvgIpc) is 3.18. The zero-order valence-corrected chi connectivity index (χ0v) is 16.6. The second-order valence-electron chi connectivity index (χ2n) is 6.62. The highest BCUT2D eigenvalue weighted by atomic mass is 32.2. The number of hydrogen-bond acceptors (Lipinski definition) is 5. The van der Waals surface area contributed by atoms with Crippen molar-refractivity contribution in [1.29, 1.82) is 5.26 Å². The summed E-state index contributed by atoms with van der Waals surface area (Å²) in [5.41, 5.74) is 3.22. The van der Waals surface area contributed by atoms with E-state index < -0.39 is 6.04 Å². The van der Waals surface area contributed by atoms with Gasteiger partial charge in [-0.15, -0.1) is 11.8 Å². The minimum atomic E-state index is -0.546. The summed E-state index contributed by atoms with van der Waals surface area (Å²) in [7, 11) is 0. The predicted octanol–water partition coefficient (Wildman–Crippen LogP) is 3.09. The van der Waals surface area contributed by atoms with Gasteiger partial charge in [-0.05, 0) is 49.7 Å².